The molecule has 2 atom stereocenters. The van der Waals surface area contributed by atoms with Crippen LogP contribution in [0.5, 0.6) is 0 Å². The van der Waals surface area contributed by atoms with E-state index in [9.17, 15) is 0 Å². The number of hydrogen-bond donors (Lipinski definition) is 0. The van der Waals surface area contributed by atoms with Crippen LogP contribution in [0.15, 0.2) is 0 Å². The van der Waals surface area contributed by atoms with Crippen molar-refractivity contribution in [2.45, 2.75) is 79.0 Å². The average Bonchev–Trinajstić information content (AvgIpc) is 2.22. The zero-order valence-electron chi connectivity index (χ0n) is 12.0. The van der Waals surface area contributed by atoms with Gasteiger partial charge in [0.2, 0.25) is 0 Å². The van der Waals surface area contributed by atoms with Gasteiger partial charge < -0.3 is 0 Å². The van der Waals surface area contributed by atoms with Crippen LogP contribution in [0.25, 0.3) is 0 Å². The van der Waals surface area contributed by atoms with Crippen molar-refractivity contribution in [1.29, 1.82) is 0 Å². The first-order valence-electron chi connectivity index (χ1n) is 7.31. The zero-order valence-corrected chi connectivity index (χ0v) is 12.0. The number of unbranched alkanes of at least 4 members (excludes halogenated alkanes) is 1. The van der Waals surface area contributed by atoms with Gasteiger partial charge in [0.05, 0.1) is 7.85 Å². The summed E-state index contributed by atoms with van der Waals surface area (Å²) in [6, 6.07) is 0. The fraction of sp³-hybridized carbons (Fsp3) is 1.00. The van der Waals surface area contributed by atoms with Gasteiger partial charge in [-0.2, -0.15) is 0 Å². The fourth-order valence-electron chi connectivity index (χ4n) is 2.51. The normalized spacial score (nSPS) is 15.3. The first-order valence-corrected chi connectivity index (χ1v) is 7.31. The molecule has 0 aliphatic carbocycles. The molecule has 0 heterocycles. The highest BCUT2D eigenvalue weighted by atomic mass is 14.2. The van der Waals surface area contributed by atoms with E-state index in [-0.39, 0.29) is 0 Å². The minimum atomic E-state index is 0.827. The largest absolute Gasteiger partial charge is 0.0884 e. The van der Waals surface area contributed by atoms with Crippen LogP contribution in [0, 0.1) is 17.8 Å². The zero-order chi connectivity index (χ0) is 12.4. The maximum atomic E-state index is 5.56. The Morgan fingerprint density at radius 3 is 2.00 bits per heavy atom. The maximum Gasteiger partial charge on any atom is 0.0653 e. The molecule has 0 aliphatic rings. The molecule has 1 heteroatoms. The summed E-state index contributed by atoms with van der Waals surface area (Å²) in [6.45, 7) is 9.38. The molecule has 0 aromatic carbocycles. The van der Waals surface area contributed by atoms with Gasteiger partial charge >= 0.3 is 0 Å². The van der Waals surface area contributed by atoms with E-state index in [1.54, 1.807) is 0 Å². The molecular weight excluding hydrogens is 191 g/mol. The van der Waals surface area contributed by atoms with Crippen LogP contribution in [0.3, 0.4) is 0 Å². The van der Waals surface area contributed by atoms with E-state index in [4.69, 9.17) is 7.85 Å². The predicted molar refractivity (Wildman–Crippen MR) is 76.0 cm³/mol. The Labute approximate surface area is 105 Å². The van der Waals surface area contributed by atoms with Crippen molar-refractivity contribution < 1.29 is 0 Å². The first-order chi connectivity index (χ1) is 7.61. The molecule has 0 nitrogen and oxygen atoms in total. The fourth-order valence-corrected chi connectivity index (χ4v) is 2.51. The van der Waals surface area contributed by atoms with Crippen molar-refractivity contribution in [3.63, 3.8) is 0 Å². The average molecular weight is 222 g/mol. The smallest absolute Gasteiger partial charge is 0.0653 e. The lowest BCUT2D eigenvalue weighted by Crippen LogP contribution is -2.08. The predicted octanol–water partition coefficient (Wildman–Crippen LogP) is 5.23. The van der Waals surface area contributed by atoms with E-state index in [0.717, 1.165) is 24.1 Å². The van der Waals surface area contributed by atoms with E-state index < -0.39 is 0 Å². The van der Waals surface area contributed by atoms with Crippen LogP contribution in [0.2, 0.25) is 6.32 Å². The van der Waals surface area contributed by atoms with Gasteiger partial charge in [0, 0.05) is 0 Å². The molecule has 0 fully saturated rings. The van der Waals surface area contributed by atoms with Gasteiger partial charge in [-0.15, -0.1) is 0 Å². The molecule has 0 N–H and O–H groups in total. The molecule has 94 valence electrons. The van der Waals surface area contributed by atoms with E-state index in [1.165, 1.54) is 44.9 Å². The van der Waals surface area contributed by atoms with Crippen LogP contribution < -0.4 is 0 Å². The molecule has 0 saturated carbocycles. The van der Waals surface area contributed by atoms with Gasteiger partial charge in [-0.3, -0.25) is 0 Å². The molecule has 0 aliphatic heterocycles. The third-order valence-electron chi connectivity index (χ3n) is 3.78. The highest BCUT2D eigenvalue weighted by Crippen LogP contribution is 2.24. The summed E-state index contributed by atoms with van der Waals surface area (Å²) in [5.74, 6) is 2.64. The van der Waals surface area contributed by atoms with Crippen LogP contribution in [0.4, 0.5) is 0 Å². The minimum absolute atomic E-state index is 0.827. The minimum Gasteiger partial charge on any atom is -0.0884 e. The Balaban J connectivity index is 3.54. The summed E-state index contributed by atoms with van der Waals surface area (Å²) in [4.78, 5) is 0. The third kappa shape index (κ3) is 8.24. The van der Waals surface area contributed by atoms with Gasteiger partial charge in [-0.25, -0.2) is 0 Å². The quantitative estimate of drug-likeness (QED) is 0.350. The Hall–Kier alpha value is 0.0649. The number of rotatable bonds is 10. The molecular formula is C15H31B. The number of hydrogen-bond acceptors (Lipinski definition) is 0. The molecule has 0 aromatic heterocycles. The van der Waals surface area contributed by atoms with Crippen molar-refractivity contribution in [2.24, 2.45) is 17.8 Å². The van der Waals surface area contributed by atoms with E-state index >= 15 is 0 Å². The van der Waals surface area contributed by atoms with Gasteiger partial charge in [0.1, 0.15) is 0 Å². The molecule has 0 bridgehead atoms. The lowest BCUT2D eigenvalue weighted by atomic mass is 9.85. The summed E-state index contributed by atoms with van der Waals surface area (Å²) in [5, 5.41) is 0. The standard InChI is InChI=1S/C15H31B/c1-5-8-15(13(2)3)10-7-6-9-14(4)11-12-16/h13-15H,5-12H2,1-4H3. The topological polar surface area (TPSA) is 0 Å². The second-order valence-electron chi connectivity index (χ2n) is 5.76. The molecule has 0 saturated heterocycles. The van der Waals surface area contributed by atoms with Crippen molar-refractivity contribution in [3.8, 4) is 0 Å². The molecule has 0 spiro atoms. The van der Waals surface area contributed by atoms with Gasteiger partial charge in [0.25, 0.3) is 0 Å². The highest BCUT2D eigenvalue weighted by Gasteiger charge is 2.11. The third-order valence-corrected chi connectivity index (χ3v) is 3.78. The van der Waals surface area contributed by atoms with E-state index in [0.29, 0.717) is 0 Å². The highest BCUT2D eigenvalue weighted by molar-refractivity contribution is 6.08. The second-order valence-corrected chi connectivity index (χ2v) is 5.76. The molecule has 0 rings (SSSR count). The van der Waals surface area contributed by atoms with Gasteiger partial charge in [-0.1, -0.05) is 79.0 Å². The molecule has 2 radical (unpaired) electrons. The van der Waals surface area contributed by atoms with Crippen molar-refractivity contribution in [2.75, 3.05) is 0 Å². The van der Waals surface area contributed by atoms with Crippen molar-refractivity contribution >= 4 is 7.85 Å². The summed E-state index contributed by atoms with van der Waals surface area (Å²) in [6.07, 6.45) is 10.4. The summed E-state index contributed by atoms with van der Waals surface area (Å²) < 4.78 is 0. The van der Waals surface area contributed by atoms with Crippen molar-refractivity contribution in [1.82, 2.24) is 0 Å². The summed E-state index contributed by atoms with van der Waals surface area (Å²) >= 11 is 0. The van der Waals surface area contributed by atoms with Crippen LogP contribution in [-0.4, -0.2) is 7.85 Å². The van der Waals surface area contributed by atoms with Crippen LogP contribution in [0.1, 0.15) is 72.6 Å². The Bertz CT molecular complexity index is 142. The second kappa shape index (κ2) is 10.2. The monoisotopic (exact) mass is 222 g/mol. The Kier molecular flexibility index (Phi) is 10.3. The van der Waals surface area contributed by atoms with Gasteiger partial charge in [-0.05, 0) is 17.8 Å². The molecule has 0 aromatic rings. The SMILES string of the molecule is [B]CCC(C)CCCCC(CCC)C(C)C. The van der Waals surface area contributed by atoms with E-state index in [1.807, 2.05) is 0 Å². The Morgan fingerprint density at radius 2 is 1.50 bits per heavy atom. The maximum absolute atomic E-state index is 5.56. The molecule has 16 heavy (non-hydrogen) atoms. The molecule has 0 amide bonds. The summed E-state index contributed by atoms with van der Waals surface area (Å²) in [7, 11) is 5.56. The van der Waals surface area contributed by atoms with E-state index in [2.05, 4.69) is 27.7 Å². The lowest BCUT2D eigenvalue weighted by Gasteiger charge is -2.20. The van der Waals surface area contributed by atoms with Gasteiger partial charge in [0.15, 0.2) is 0 Å². The molecule has 2 unspecified atom stereocenters. The van der Waals surface area contributed by atoms with Crippen LogP contribution >= 0.6 is 0 Å². The summed E-state index contributed by atoms with van der Waals surface area (Å²) in [5.41, 5.74) is 0. The Morgan fingerprint density at radius 1 is 0.875 bits per heavy atom. The van der Waals surface area contributed by atoms with Crippen LogP contribution in [-0.2, 0) is 0 Å². The first kappa shape index (κ1) is 16.1. The lowest BCUT2D eigenvalue weighted by molar-refractivity contribution is 0.317. The van der Waals surface area contributed by atoms with Crippen molar-refractivity contribution in [3.05, 3.63) is 0 Å².